The third kappa shape index (κ3) is 4.86. The molecule has 0 aliphatic carbocycles. The highest BCUT2D eigenvalue weighted by molar-refractivity contribution is 5.68. The van der Waals surface area contributed by atoms with E-state index in [9.17, 15) is 5.11 Å². The topological polar surface area (TPSA) is 101 Å². The Morgan fingerprint density at radius 1 is 1.07 bits per heavy atom. The van der Waals surface area contributed by atoms with Crippen LogP contribution in [-0.2, 0) is 0 Å². The normalized spacial score (nSPS) is 11.6. The molecule has 0 bridgehead atoms. The summed E-state index contributed by atoms with van der Waals surface area (Å²) in [6, 6.07) is 10.9. The van der Waals surface area contributed by atoms with Gasteiger partial charge < -0.3 is 25.2 Å². The molecule has 2 aromatic heterocycles. The van der Waals surface area contributed by atoms with Gasteiger partial charge in [-0.05, 0) is 19.1 Å². The average Bonchev–Trinajstić information content (AvgIpc) is 2.73. The molecule has 8 heteroatoms. The molecule has 0 spiro atoms. The smallest absolute Gasteiger partial charge is 0.225 e. The Hall–Kier alpha value is -3.39. The second-order valence-corrected chi connectivity index (χ2v) is 6.16. The number of hydrogen-bond acceptors (Lipinski definition) is 8. The number of ether oxygens (including phenoxy) is 2. The molecule has 1 atom stereocenters. The summed E-state index contributed by atoms with van der Waals surface area (Å²) in [6.45, 7) is 1.82. The van der Waals surface area contributed by atoms with Gasteiger partial charge in [-0.3, -0.25) is 4.98 Å². The van der Waals surface area contributed by atoms with Crippen LogP contribution in [0.3, 0.4) is 0 Å². The predicted molar refractivity (Wildman–Crippen MR) is 108 cm³/mol. The monoisotopic (exact) mass is 381 g/mol. The molecule has 0 saturated carbocycles. The minimum Gasteiger partial charge on any atom is -0.497 e. The molecule has 8 nitrogen and oxygen atoms in total. The van der Waals surface area contributed by atoms with E-state index in [2.05, 4.69) is 25.6 Å². The Kier molecular flexibility index (Phi) is 6.23. The number of aliphatic hydroxyl groups is 1. The lowest BCUT2D eigenvalue weighted by Gasteiger charge is -2.15. The van der Waals surface area contributed by atoms with E-state index in [-0.39, 0.29) is 12.6 Å². The van der Waals surface area contributed by atoms with Crippen molar-refractivity contribution in [2.24, 2.45) is 0 Å². The number of nitrogens with one attached hydrogen (secondary N) is 2. The van der Waals surface area contributed by atoms with Crippen molar-refractivity contribution in [2.45, 2.75) is 13.0 Å². The molecule has 0 aliphatic heterocycles. The summed E-state index contributed by atoms with van der Waals surface area (Å²) in [5.74, 6) is 2.31. The minimum absolute atomic E-state index is 0.0314. The van der Waals surface area contributed by atoms with E-state index in [1.54, 1.807) is 32.7 Å². The third-order valence-corrected chi connectivity index (χ3v) is 3.96. The molecular formula is C20H23N5O3. The van der Waals surface area contributed by atoms with Gasteiger partial charge >= 0.3 is 0 Å². The van der Waals surface area contributed by atoms with E-state index in [1.807, 2.05) is 37.3 Å². The van der Waals surface area contributed by atoms with Crippen LogP contribution in [0.5, 0.6) is 11.5 Å². The maximum atomic E-state index is 9.33. The number of benzene rings is 1. The van der Waals surface area contributed by atoms with E-state index in [1.165, 1.54) is 0 Å². The first-order chi connectivity index (χ1) is 13.6. The van der Waals surface area contributed by atoms with Crippen molar-refractivity contribution in [3.8, 4) is 22.8 Å². The van der Waals surface area contributed by atoms with E-state index in [4.69, 9.17) is 9.47 Å². The van der Waals surface area contributed by atoms with Gasteiger partial charge in [-0.25, -0.2) is 4.98 Å². The Morgan fingerprint density at radius 2 is 1.82 bits per heavy atom. The predicted octanol–water partition coefficient (Wildman–Crippen LogP) is 3.09. The number of aliphatic hydroxyl groups excluding tert-OH is 1. The van der Waals surface area contributed by atoms with Gasteiger partial charge in [0.05, 0.1) is 26.5 Å². The van der Waals surface area contributed by atoms with Crippen molar-refractivity contribution in [3.63, 3.8) is 0 Å². The molecule has 3 rings (SSSR count). The molecule has 0 aliphatic rings. The van der Waals surface area contributed by atoms with E-state index in [0.717, 1.165) is 11.3 Å². The lowest BCUT2D eigenvalue weighted by atomic mass is 10.2. The Bertz CT molecular complexity index is 899. The van der Waals surface area contributed by atoms with Gasteiger partial charge in [0.15, 0.2) is 0 Å². The highest BCUT2D eigenvalue weighted by Gasteiger charge is 2.11. The first-order valence-corrected chi connectivity index (χ1v) is 8.78. The zero-order valence-electron chi connectivity index (χ0n) is 16.0. The van der Waals surface area contributed by atoms with E-state index in [0.29, 0.717) is 29.0 Å². The lowest BCUT2D eigenvalue weighted by Crippen LogP contribution is -2.21. The fourth-order valence-electron chi connectivity index (χ4n) is 2.53. The second kappa shape index (κ2) is 9.01. The average molecular weight is 381 g/mol. The maximum Gasteiger partial charge on any atom is 0.225 e. The van der Waals surface area contributed by atoms with Crippen LogP contribution in [0.4, 0.5) is 17.5 Å². The summed E-state index contributed by atoms with van der Waals surface area (Å²) in [5, 5.41) is 15.7. The van der Waals surface area contributed by atoms with Crippen LogP contribution in [0.1, 0.15) is 6.92 Å². The molecule has 28 heavy (non-hydrogen) atoms. The van der Waals surface area contributed by atoms with Crippen LogP contribution in [-0.4, -0.2) is 46.9 Å². The van der Waals surface area contributed by atoms with Crippen LogP contribution in [0, 0.1) is 0 Å². The fraction of sp³-hybridized carbons (Fsp3) is 0.250. The van der Waals surface area contributed by atoms with Gasteiger partial charge in [-0.1, -0.05) is 0 Å². The zero-order chi connectivity index (χ0) is 19.9. The lowest BCUT2D eigenvalue weighted by molar-refractivity contribution is 0.281. The van der Waals surface area contributed by atoms with Crippen molar-refractivity contribution >= 4 is 17.5 Å². The van der Waals surface area contributed by atoms with Crippen LogP contribution in [0.2, 0.25) is 0 Å². The maximum absolute atomic E-state index is 9.33. The largest absolute Gasteiger partial charge is 0.497 e. The Labute approximate surface area is 163 Å². The minimum atomic E-state index is -0.186. The van der Waals surface area contributed by atoms with Gasteiger partial charge in [-0.15, -0.1) is 0 Å². The highest BCUT2D eigenvalue weighted by Crippen LogP contribution is 2.29. The Balaban J connectivity index is 1.98. The molecule has 0 saturated heterocycles. The van der Waals surface area contributed by atoms with Crippen LogP contribution in [0.15, 0.2) is 48.8 Å². The highest BCUT2D eigenvalue weighted by atomic mass is 16.5. The summed E-state index contributed by atoms with van der Waals surface area (Å²) in [7, 11) is 3.20. The van der Waals surface area contributed by atoms with Gasteiger partial charge in [-0.2, -0.15) is 4.98 Å². The first-order valence-electron chi connectivity index (χ1n) is 8.78. The number of rotatable bonds is 8. The van der Waals surface area contributed by atoms with Crippen LogP contribution in [0.25, 0.3) is 11.3 Å². The van der Waals surface area contributed by atoms with Gasteiger partial charge in [0.2, 0.25) is 5.95 Å². The molecule has 3 N–H and O–H groups in total. The summed E-state index contributed by atoms with van der Waals surface area (Å²) in [5.41, 5.74) is 2.32. The SMILES string of the molecule is COc1cc(Nc2cc(-c3cccnc3)nc(N[C@H](C)CO)n2)cc(OC)c1. The molecule has 0 amide bonds. The quantitative estimate of drug-likeness (QED) is 0.547. The summed E-state index contributed by atoms with van der Waals surface area (Å²) in [4.78, 5) is 13.2. The fourth-order valence-corrected chi connectivity index (χ4v) is 2.53. The Morgan fingerprint density at radius 3 is 2.43 bits per heavy atom. The number of anilines is 3. The number of hydrogen-bond donors (Lipinski definition) is 3. The third-order valence-electron chi connectivity index (χ3n) is 3.96. The van der Waals surface area contributed by atoms with Gasteiger partial charge in [0, 0.05) is 54.0 Å². The number of aromatic nitrogens is 3. The summed E-state index contributed by atoms with van der Waals surface area (Å²) < 4.78 is 10.6. The number of nitrogens with zero attached hydrogens (tertiary/aromatic N) is 3. The zero-order valence-corrected chi connectivity index (χ0v) is 16.0. The second-order valence-electron chi connectivity index (χ2n) is 6.16. The van der Waals surface area contributed by atoms with E-state index < -0.39 is 0 Å². The number of pyridine rings is 1. The molecule has 1 aromatic carbocycles. The first kappa shape index (κ1) is 19.4. The standard InChI is InChI=1S/C20H23N5O3/c1-13(12-26)22-20-24-18(14-5-4-6-21-11-14)10-19(25-20)23-15-7-16(27-2)9-17(8-15)28-3/h4-11,13,26H,12H2,1-3H3,(H2,22,23,24,25)/t13-/m1/s1. The molecular weight excluding hydrogens is 358 g/mol. The van der Waals surface area contributed by atoms with E-state index >= 15 is 0 Å². The van der Waals surface area contributed by atoms with Crippen molar-refractivity contribution < 1.29 is 14.6 Å². The van der Waals surface area contributed by atoms with Gasteiger partial charge in [0.25, 0.3) is 0 Å². The molecule has 0 radical (unpaired) electrons. The van der Waals surface area contributed by atoms with Crippen molar-refractivity contribution in [3.05, 3.63) is 48.8 Å². The van der Waals surface area contributed by atoms with Crippen molar-refractivity contribution in [1.29, 1.82) is 0 Å². The summed E-state index contributed by atoms with van der Waals surface area (Å²) >= 11 is 0. The molecule has 2 heterocycles. The van der Waals surface area contributed by atoms with Crippen LogP contribution < -0.4 is 20.1 Å². The van der Waals surface area contributed by atoms with Crippen LogP contribution >= 0.6 is 0 Å². The number of methoxy groups -OCH3 is 2. The van der Waals surface area contributed by atoms with Crippen molar-refractivity contribution in [2.75, 3.05) is 31.5 Å². The summed E-state index contributed by atoms with van der Waals surface area (Å²) in [6.07, 6.45) is 3.44. The molecule has 0 fully saturated rings. The molecule has 146 valence electrons. The van der Waals surface area contributed by atoms with Crippen molar-refractivity contribution in [1.82, 2.24) is 15.0 Å². The molecule has 0 unspecified atom stereocenters. The molecule has 3 aromatic rings. The van der Waals surface area contributed by atoms with Gasteiger partial charge in [0.1, 0.15) is 17.3 Å².